The molecule has 0 radical (unpaired) electrons. The van der Waals surface area contributed by atoms with Crippen LogP contribution in [0, 0.1) is 17.8 Å². The molecule has 2 saturated carbocycles. The molecule has 0 spiro atoms. The van der Waals surface area contributed by atoms with Gasteiger partial charge in [0.25, 0.3) is 0 Å². The van der Waals surface area contributed by atoms with Gasteiger partial charge < -0.3 is 14.4 Å². The summed E-state index contributed by atoms with van der Waals surface area (Å²) < 4.78 is 2.42. The third-order valence-electron chi connectivity index (χ3n) is 17.2. The Morgan fingerprint density at radius 3 is 1.71 bits per heavy atom. The summed E-state index contributed by atoms with van der Waals surface area (Å²) in [5, 5.41) is 2.45. The number of anilines is 6. The molecule has 10 aromatic rings. The Bertz CT molecular complexity index is 3610. The second-order valence-corrected chi connectivity index (χ2v) is 22.0. The van der Waals surface area contributed by atoms with E-state index in [0.29, 0.717) is 0 Å². The predicted octanol–water partition coefficient (Wildman–Crippen LogP) is 19.2. The molecule has 0 amide bonds. The van der Waals surface area contributed by atoms with Gasteiger partial charge in [0.15, 0.2) is 0 Å². The summed E-state index contributed by atoms with van der Waals surface area (Å²) in [6.07, 6.45) is 7.99. The molecule has 13 rings (SSSR count). The van der Waals surface area contributed by atoms with Crippen molar-refractivity contribution in [3.8, 4) is 27.9 Å². The van der Waals surface area contributed by atoms with Crippen LogP contribution in [-0.4, -0.2) is 4.57 Å². The average molecular weight is 934 g/mol. The Balaban J connectivity index is 0.981. The summed E-state index contributed by atoms with van der Waals surface area (Å²) >= 11 is 0. The molecule has 2 fully saturated rings. The van der Waals surface area contributed by atoms with Gasteiger partial charge in [-0.15, -0.1) is 0 Å². The van der Waals surface area contributed by atoms with Gasteiger partial charge in [-0.1, -0.05) is 155 Å². The van der Waals surface area contributed by atoms with Gasteiger partial charge in [-0.05, 0) is 192 Å². The van der Waals surface area contributed by atoms with Gasteiger partial charge in [-0.25, -0.2) is 0 Å². The minimum Gasteiger partial charge on any atom is -0.310 e. The molecule has 2 atom stereocenters. The third kappa shape index (κ3) is 7.39. The first-order chi connectivity index (χ1) is 35.3. The van der Waals surface area contributed by atoms with Crippen molar-refractivity contribution in [1.82, 2.24) is 4.57 Å². The Morgan fingerprint density at radius 2 is 1.01 bits per heavy atom. The van der Waals surface area contributed by atoms with Gasteiger partial charge in [-0.3, -0.25) is 0 Å². The van der Waals surface area contributed by atoms with Gasteiger partial charge >= 0.3 is 0 Å². The first kappa shape index (κ1) is 44.3. The van der Waals surface area contributed by atoms with Crippen LogP contribution in [0.15, 0.2) is 218 Å². The molecule has 2 unspecified atom stereocenters. The van der Waals surface area contributed by atoms with E-state index in [-0.39, 0.29) is 10.8 Å². The van der Waals surface area contributed by atoms with Crippen LogP contribution in [0.5, 0.6) is 0 Å². The summed E-state index contributed by atoms with van der Waals surface area (Å²) in [5.41, 5.74) is 19.7. The molecular weight excluding hydrogens is 871 g/mol. The van der Waals surface area contributed by atoms with Crippen LogP contribution in [0.4, 0.5) is 34.1 Å². The van der Waals surface area contributed by atoms with Crippen molar-refractivity contribution in [1.29, 1.82) is 0 Å². The molecule has 3 aliphatic carbocycles. The molecule has 2 bridgehead atoms. The van der Waals surface area contributed by atoms with Crippen molar-refractivity contribution in [2.24, 2.45) is 17.8 Å². The van der Waals surface area contributed by atoms with Gasteiger partial charge in [-0.2, -0.15) is 0 Å². The van der Waals surface area contributed by atoms with Gasteiger partial charge in [0.05, 0.1) is 16.7 Å². The number of para-hydroxylation sites is 3. The molecule has 1 heterocycles. The number of hydrogen-bond acceptors (Lipinski definition) is 2. The minimum absolute atomic E-state index is 0.190. The molecule has 354 valence electrons. The lowest BCUT2D eigenvalue weighted by atomic mass is 9.56. The summed E-state index contributed by atoms with van der Waals surface area (Å²) in [7, 11) is 0. The molecular formula is C69H63N3. The molecule has 3 heteroatoms. The second-order valence-electron chi connectivity index (χ2n) is 22.0. The smallest absolute Gasteiger partial charge is 0.0562 e. The van der Waals surface area contributed by atoms with E-state index in [1.54, 1.807) is 0 Å². The van der Waals surface area contributed by atoms with E-state index in [2.05, 4.69) is 260 Å². The van der Waals surface area contributed by atoms with Crippen molar-refractivity contribution >= 4 is 55.9 Å². The summed E-state index contributed by atoms with van der Waals surface area (Å²) in [5.74, 6) is 2.52. The van der Waals surface area contributed by atoms with Gasteiger partial charge in [0.1, 0.15) is 0 Å². The Labute approximate surface area is 426 Å². The minimum atomic E-state index is -0.190. The molecule has 3 nitrogen and oxygen atoms in total. The number of hydrogen-bond donors (Lipinski definition) is 0. The first-order valence-electron chi connectivity index (χ1n) is 26.5. The molecule has 0 aliphatic heterocycles. The molecule has 3 aliphatic rings. The van der Waals surface area contributed by atoms with E-state index in [1.165, 1.54) is 116 Å². The summed E-state index contributed by atoms with van der Waals surface area (Å²) in [6, 6.07) is 81.6. The van der Waals surface area contributed by atoms with Crippen LogP contribution in [-0.2, 0) is 10.8 Å². The molecule has 1 aromatic heterocycles. The van der Waals surface area contributed by atoms with Crippen LogP contribution in [0.2, 0.25) is 0 Å². The van der Waals surface area contributed by atoms with Crippen molar-refractivity contribution in [3.05, 3.63) is 235 Å². The highest BCUT2D eigenvalue weighted by molar-refractivity contribution is 6.16. The van der Waals surface area contributed by atoms with Crippen molar-refractivity contribution in [2.75, 3.05) is 9.80 Å². The van der Waals surface area contributed by atoms with Gasteiger partial charge in [0, 0.05) is 50.3 Å². The Hall–Kier alpha value is -7.62. The highest BCUT2D eigenvalue weighted by Crippen LogP contribution is 2.56. The van der Waals surface area contributed by atoms with E-state index in [4.69, 9.17) is 0 Å². The predicted molar refractivity (Wildman–Crippen MR) is 304 cm³/mol. The number of nitrogens with zero attached hydrogens (tertiary/aromatic N) is 3. The molecule has 0 saturated heterocycles. The number of benzene rings is 9. The lowest BCUT2D eigenvalue weighted by Gasteiger charge is -2.49. The Kier molecular flexibility index (Phi) is 10.8. The van der Waals surface area contributed by atoms with Crippen LogP contribution in [0.3, 0.4) is 0 Å². The fourth-order valence-corrected chi connectivity index (χ4v) is 14.1. The van der Waals surface area contributed by atoms with E-state index >= 15 is 0 Å². The van der Waals surface area contributed by atoms with Gasteiger partial charge in [0.2, 0.25) is 0 Å². The Morgan fingerprint density at radius 1 is 0.472 bits per heavy atom. The third-order valence-corrected chi connectivity index (χ3v) is 17.2. The monoisotopic (exact) mass is 934 g/mol. The standard InChI is InChI=1S/C69H63N3/c1-5-69(45-48-38-47(2)39-49(40-48)46-69)52-23-18-29-56(42-52)70(53-24-11-7-12-25-53)57-34-36-62-60(43-57)61-44-58(35-37-63(61)68(62,3)4)71(55-28-17-22-51(41-55)50-20-9-6-10-21-50)65-32-19-33-66-67(65)59-30-15-16-31-64(59)72(66)54-26-13-8-14-27-54/h6-37,41-44,47-49H,5,38-40,45-46H2,1-4H3. The lowest BCUT2D eigenvalue weighted by Crippen LogP contribution is -2.40. The number of aromatic nitrogens is 1. The van der Waals surface area contributed by atoms with Crippen LogP contribution < -0.4 is 9.80 Å². The van der Waals surface area contributed by atoms with E-state index in [0.717, 1.165) is 40.5 Å². The fourth-order valence-electron chi connectivity index (χ4n) is 14.1. The largest absolute Gasteiger partial charge is 0.310 e. The van der Waals surface area contributed by atoms with Crippen LogP contribution in [0.25, 0.3) is 49.7 Å². The van der Waals surface area contributed by atoms with E-state index < -0.39 is 0 Å². The first-order valence-corrected chi connectivity index (χ1v) is 26.5. The quantitative estimate of drug-likeness (QED) is 0.135. The zero-order valence-electron chi connectivity index (χ0n) is 42.1. The second kappa shape index (κ2) is 17.6. The number of rotatable bonds is 10. The fraction of sp³-hybridized carbons (Fsp3) is 0.217. The maximum Gasteiger partial charge on any atom is 0.0562 e. The SMILES string of the molecule is CCC1(c2cccc(N(c3ccccc3)c3ccc4c(c3)-c3cc(N(c5cccc(-c6ccccc6)c5)c5cccc6c5c5ccccc5n6-c5ccccc5)ccc3C4(C)C)c2)CC2CC(C)CC(C2)C1. The average Bonchev–Trinajstić information content (AvgIpc) is 3.87. The lowest BCUT2D eigenvalue weighted by molar-refractivity contribution is 0.0789. The van der Waals surface area contributed by atoms with Crippen LogP contribution in [0.1, 0.15) is 82.9 Å². The summed E-state index contributed by atoms with van der Waals surface area (Å²) in [4.78, 5) is 5.02. The summed E-state index contributed by atoms with van der Waals surface area (Å²) in [6.45, 7) is 9.74. The zero-order chi connectivity index (χ0) is 48.6. The van der Waals surface area contributed by atoms with Crippen molar-refractivity contribution in [2.45, 2.75) is 77.0 Å². The normalized spacial score (nSPS) is 19.8. The van der Waals surface area contributed by atoms with Crippen LogP contribution >= 0.6 is 0 Å². The van der Waals surface area contributed by atoms with Crippen molar-refractivity contribution in [3.63, 3.8) is 0 Å². The van der Waals surface area contributed by atoms with E-state index in [1.807, 2.05) is 0 Å². The highest BCUT2D eigenvalue weighted by atomic mass is 15.2. The molecule has 0 N–H and O–H groups in total. The maximum absolute atomic E-state index is 2.56. The highest BCUT2D eigenvalue weighted by Gasteiger charge is 2.44. The number of fused-ring (bicyclic) bond motifs is 8. The molecule has 9 aromatic carbocycles. The van der Waals surface area contributed by atoms with E-state index in [9.17, 15) is 0 Å². The maximum atomic E-state index is 2.56. The molecule has 72 heavy (non-hydrogen) atoms. The topological polar surface area (TPSA) is 11.4 Å². The van der Waals surface area contributed by atoms with Crippen molar-refractivity contribution < 1.29 is 0 Å². The zero-order valence-corrected chi connectivity index (χ0v) is 42.1.